The van der Waals surface area contributed by atoms with Gasteiger partial charge in [0.1, 0.15) is 6.10 Å². The summed E-state index contributed by atoms with van der Waals surface area (Å²) in [6.07, 6.45) is 1.38. The molecule has 0 saturated carbocycles. The number of anilines is 1. The number of nitrogens with zero attached hydrogens (tertiary/aromatic N) is 2. The predicted octanol–water partition coefficient (Wildman–Crippen LogP) is -0.227. The summed E-state index contributed by atoms with van der Waals surface area (Å²) in [4.78, 5) is 7.44. The molecular formula is C8H13N3O2S. The molecule has 1 heterocycles. The van der Waals surface area contributed by atoms with Crippen molar-refractivity contribution in [1.29, 1.82) is 0 Å². The second-order valence-electron chi connectivity index (χ2n) is 2.90. The van der Waals surface area contributed by atoms with Crippen LogP contribution in [0.4, 0.5) is 5.95 Å². The first-order chi connectivity index (χ1) is 6.65. The molecule has 2 atom stereocenters. The first kappa shape index (κ1) is 11.2. The Morgan fingerprint density at radius 1 is 1.36 bits per heavy atom. The molecule has 0 aliphatic rings. The van der Waals surface area contributed by atoms with Crippen LogP contribution in [0.2, 0.25) is 0 Å². The molecule has 0 aromatic carbocycles. The lowest BCUT2D eigenvalue weighted by Crippen LogP contribution is -2.19. The Bertz CT molecular complexity index is 280. The molecule has 2 unspecified atom stereocenters. The Kier molecular flexibility index (Phi) is 4.12. The van der Waals surface area contributed by atoms with Crippen LogP contribution in [0.25, 0.3) is 0 Å². The zero-order valence-electron chi connectivity index (χ0n) is 7.54. The van der Waals surface area contributed by atoms with E-state index in [4.69, 9.17) is 5.73 Å². The molecule has 0 fully saturated rings. The average molecular weight is 215 g/mol. The highest BCUT2D eigenvalue weighted by Gasteiger charge is 2.17. The number of thiol groups is 1. The van der Waals surface area contributed by atoms with Crippen molar-refractivity contribution < 1.29 is 10.2 Å². The molecule has 0 aliphatic carbocycles. The van der Waals surface area contributed by atoms with Gasteiger partial charge in [-0.15, -0.1) is 0 Å². The molecule has 1 aromatic rings. The van der Waals surface area contributed by atoms with Crippen molar-refractivity contribution in [3.63, 3.8) is 0 Å². The third kappa shape index (κ3) is 2.83. The molecular weight excluding hydrogens is 202 g/mol. The number of nitrogens with two attached hydrogens (primary N) is 1. The smallest absolute Gasteiger partial charge is 0.219 e. The van der Waals surface area contributed by atoms with Crippen LogP contribution < -0.4 is 5.73 Å². The van der Waals surface area contributed by atoms with Gasteiger partial charge in [-0.05, 0) is 12.2 Å². The van der Waals surface area contributed by atoms with Gasteiger partial charge in [-0.1, -0.05) is 0 Å². The summed E-state index contributed by atoms with van der Waals surface area (Å²) in [5.41, 5.74) is 5.74. The van der Waals surface area contributed by atoms with Gasteiger partial charge in [-0.2, -0.15) is 12.6 Å². The molecule has 5 nitrogen and oxygen atoms in total. The van der Waals surface area contributed by atoms with Gasteiger partial charge >= 0.3 is 0 Å². The number of rotatable bonds is 4. The summed E-state index contributed by atoms with van der Waals surface area (Å²) in [7, 11) is 0. The van der Waals surface area contributed by atoms with E-state index in [2.05, 4.69) is 22.6 Å². The van der Waals surface area contributed by atoms with Gasteiger partial charge < -0.3 is 15.9 Å². The lowest BCUT2D eigenvalue weighted by Gasteiger charge is -2.16. The first-order valence-electron chi connectivity index (χ1n) is 4.19. The Balaban J connectivity index is 2.68. The fourth-order valence-corrected chi connectivity index (χ4v) is 1.28. The number of nitrogen functional groups attached to an aromatic ring is 1. The predicted molar refractivity (Wildman–Crippen MR) is 55.9 cm³/mol. The molecule has 0 amide bonds. The van der Waals surface area contributed by atoms with Crippen LogP contribution in [-0.4, -0.2) is 32.0 Å². The Morgan fingerprint density at radius 3 is 2.43 bits per heavy atom. The highest BCUT2D eigenvalue weighted by molar-refractivity contribution is 7.80. The summed E-state index contributed by atoms with van der Waals surface area (Å²) < 4.78 is 0. The van der Waals surface area contributed by atoms with Crippen LogP contribution in [0.15, 0.2) is 12.4 Å². The second-order valence-corrected chi connectivity index (χ2v) is 3.35. The summed E-state index contributed by atoms with van der Waals surface area (Å²) in [5, 5.41) is 19.1. The third-order valence-electron chi connectivity index (χ3n) is 1.82. The third-order valence-corrected chi connectivity index (χ3v) is 2.08. The number of aliphatic hydroxyl groups excluding tert-OH is 2. The molecule has 0 spiro atoms. The van der Waals surface area contributed by atoms with Gasteiger partial charge in [0.05, 0.1) is 6.10 Å². The Hall–Kier alpha value is -0.850. The van der Waals surface area contributed by atoms with Crippen LogP contribution in [0.5, 0.6) is 0 Å². The van der Waals surface area contributed by atoms with Crippen molar-refractivity contribution in [3.05, 3.63) is 18.0 Å². The second kappa shape index (κ2) is 5.14. The monoisotopic (exact) mass is 215 g/mol. The highest BCUT2D eigenvalue weighted by Crippen LogP contribution is 2.17. The van der Waals surface area contributed by atoms with E-state index in [1.165, 1.54) is 12.4 Å². The zero-order valence-corrected chi connectivity index (χ0v) is 8.43. The van der Waals surface area contributed by atoms with Crippen LogP contribution in [0, 0.1) is 0 Å². The zero-order chi connectivity index (χ0) is 10.6. The van der Waals surface area contributed by atoms with Crippen LogP contribution in [0.3, 0.4) is 0 Å². The van der Waals surface area contributed by atoms with Gasteiger partial charge in [0.2, 0.25) is 5.95 Å². The number of hydrogen-bond acceptors (Lipinski definition) is 6. The number of aromatic nitrogens is 2. The van der Waals surface area contributed by atoms with E-state index in [1.54, 1.807) is 0 Å². The van der Waals surface area contributed by atoms with E-state index < -0.39 is 12.2 Å². The van der Waals surface area contributed by atoms with Crippen molar-refractivity contribution >= 4 is 18.6 Å². The van der Waals surface area contributed by atoms with E-state index >= 15 is 0 Å². The van der Waals surface area contributed by atoms with Gasteiger partial charge in [-0.25, -0.2) is 9.97 Å². The van der Waals surface area contributed by atoms with E-state index in [0.717, 1.165) is 0 Å². The lowest BCUT2D eigenvalue weighted by atomic mass is 10.1. The van der Waals surface area contributed by atoms with Crippen molar-refractivity contribution in [2.24, 2.45) is 0 Å². The average Bonchev–Trinajstić information content (AvgIpc) is 2.18. The van der Waals surface area contributed by atoms with Gasteiger partial charge in [-0.3, -0.25) is 0 Å². The quantitative estimate of drug-likeness (QED) is 0.521. The summed E-state index contributed by atoms with van der Waals surface area (Å²) in [6.45, 7) is 0. The topological polar surface area (TPSA) is 92.3 Å². The standard InChI is InChI=1S/C8H13N3O2S/c9-8-10-3-5(4-11-8)7(13)6(12)1-2-14/h3-4,6-7,12-14H,1-2H2,(H2,9,10,11). The molecule has 0 saturated heterocycles. The highest BCUT2D eigenvalue weighted by atomic mass is 32.1. The Labute approximate surface area is 87.4 Å². The van der Waals surface area contributed by atoms with Crippen LogP contribution in [-0.2, 0) is 0 Å². The molecule has 0 aliphatic heterocycles. The Morgan fingerprint density at radius 2 is 1.93 bits per heavy atom. The molecule has 4 N–H and O–H groups in total. The fourth-order valence-electron chi connectivity index (χ4n) is 1.01. The molecule has 14 heavy (non-hydrogen) atoms. The van der Waals surface area contributed by atoms with E-state index in [0.29, 0.717) is 17.7 Å². The van der Waals surface area contributed by atoms with Crippen molar-refractivity contribution in [2.45, 2.75) is 18.6 Å². The largest absolute Gasteiger partial charge is 0.390 e. The normalized spacial score (nSPS) is 15.1. The maximum absolute atomic E-state index is 9.61. The molecule has 6 heteroatoms. The molecule has 0 radical (unpaired) electrons. The van der Waals surface area contributed by atoms with Crippen LogP contribution in [0.1, 0.15) is 18.1 Å². The number of hydrogen-bond donors (Lipinski definition) is 4. The van der Waals surface area contributed by atoms with Gasteiger partial charge in [0, 0.05) is 18.0 Å². The number of aliphatic hydroxyl groups is 2. The molecule has 1 rings (SSSR count). The SMILES string of the molecule is Nc1ncc(C(O)C(O)CCS)cn1. The lowest BCUT2D eigenvalue weighted by molar-refractivity contribution is 0.0168. The molecule has 78 valence electrons. The maximum atomic E-state index is 9.61. The summed E-state index contributed by atoms with van der Waals surface area (Å²) in [5.74, 6) is 0.651. The van der Waals surface area contributed by atoms with Gasteiger partial charge in [0.25, 0.3) is 0 Å². The minimum atomic E-state index is -0.984. The van der Waals surface area contributed by atoms with Crippen molar-refractivity contribution in [3.8, 4) is 0 Å². The molecule has 1 aromatic heterocycles. The van der Waals surface area contributed by atoms with Crippen molar-refractivity contribution in [1.82, 2.24) is 9.97 Å². The van der Waals surface area contributed by atoms with Crippen LogP contribution >= 0.6 is 12.6 Å². The van der Waals surface area contributed by atoms with Crippen molar-refractivity contribution in [2.75, 3.05) is 11.5 Å². The summed E-state index contributed by atoms with van der Waals surface area (Å²) in [6, 6.07) is 0. The van der Waals surface area contributed by atoms with E-state index in [1.807, 2.05) is 0 Å². The summed E-state index contributed by atoms with van der Waals surface area (Å²) >= 11 is 3.96. The first-order valence-corrected chi connectivity index (χ1v) is 4.82. The van der Waals surface area contributed by atoms with E-state index in [9.17, 15) is 10.2 Å². The minimum absolute atomic E-state index is 0.143. The van der Waals surface area contributed by atoms with E-state index in [-0.39, 0.29) is 5.95 Å². The maximum Gasteiger partial charge on any atom is 0.219 e. The fraction of sp³-hybridized carbons (Fsp3) is 0.500. The molecule has 0 bridgehead atoms. The van der Waals surface area contributed by atoms with Gasteiger partial charge in [0.15, 0.2) is 0 Å². The minimum Gasteiger partial charge on any atom is -0.390 e.